The minimum Gasteiger partial charge on any atom is -0.356 e. The standard InChI is InChI=1S/C16H24N4O4S/c1-17-16(19-14-9-11-25(23,24)12-14)18-10-3-2-4-13-5-7-15(8-6-13)20(21)22/h5-8,14H,2-4,9-12H2,1H3,(H2,17,18,19). The molecule has 1 saturated heterocycles. The first-order chi connectivity index (χ1) is 11.9. The number of nitro benzene ring substituents is 1. The zero-order valence-electron chi connectivity index (χ0n) is 14.3. The molecule has 138 valence electrons. The zero-order valence-corrected chi connectivity index (χ0v) is 15.1. The van der Waals surface area contributed by atoms with Crippen LogP contribution < -0.4 is 10.6 Å². The summed E-state index contributed by atoms with van der Waals surface area (Å²) >= 11 is 0. The van der Waals surface area contributed by atoms with Crippen LogP contribution >= 0.6 is 0 Å². The number of non-ortho nitro benzene ring substituents is 1. The highest BCUT2D eigenvalue weighted by molar-refractivity contribution is 7.91. The Balaban J connectivity index is 1.65. The molecule has 0 aromatic heterocycles. The van der Waals surface area contributed by atoms with Gasteiger partial charge < -0.3 is 10.6 Å². The van der Waals surface area contributed by atoms with Gasteiger partial charge in [-0.2, -0.15) is 0 Å². The number of nitrogens with zero attached hydrogens (tertiary/aromatic N) is 2. The van der Waals surface area contributed by atoms with Crippen LogP contribution in [0.5, 0.6) is 0 Å². The van der Waals surface area contributed by atoms with E-state index in [0.29, 0.717) is 12.4 Å². The van der Waals surface area contributed by atoms with Crippen LogP contribution in [0.3, 0.4) is 0 Å². The van der Waals surface area contributed by atoms with Gasteiger partial charge in [-0.05, 0) is 31.2 Å². The molecule has 0 radical (unpaired) electrons. The van der Waals surface area contributed by atoms with Crippen molar-refractivity contribution in [3.63, 3.8) is 0 Å². The highest BCUT2D eigenvalue weighted by Crippen LogP contribution is 2.13. The summed E-state index contributed by atoms with van der Waals surface area (Å²) in [7, 11) is -1.24. The molecule has 1 heterocycles. The maximum Gasteiger partial charge on any atom is 0.269 e. The van der Waals surface area contributed by atoms with Crippen LogP contribution in [0.25, 0.3) is 0 Å². The molecule has 0 aliphatic carbocycles. The van der Waals surface area contributed by atoms with Crippen LogP contribution in [-0.2, 0) is 16.3 Å². The van der Waals surface area contributed by atoms with Crippen LogP contribution in [0.2, 0.25) is 0 Å². The number of nitrogens with one attached hydrogen (secondary N) is 2. The van der Waals surface area contributed by atoms with Gasteiger partial charge in [0.2, 0.25) is 0 Å². The van der Waals surface area contributed by atoms with Crippen molar-refractivity contribution >= 4 is 21.5 Å². The molecule has 25 heavy (non-hydrogen) atoms. The van der Waals surface area contributed by atoms with Gasteiger partial charge >= 0.3 is 0 Å². The van der Waals surface area contributed by atoms with Crippen LogP contribution in [-0.4, -0.2) is 50.4 Å². The Morgan fingerprint density at radius 3 is 2.60 bits per heavy atom. The SMILES string of the molecule is CN=C(NCCCCc1ccc([N+](=O)[O-])cc1)NC1CCS(=O)(=O)C1. The van der Waals surface area contributed by atoms with Crippen molar-refractivity contribution in [2.75, 3.05) is 25.1 Å². The third-order valence-corrected chi connectivity index (χ3v) is 5.90. The molecule has 1 fully saturated rings. The fraction of sp³-hybridized carbons (Fsp3) is 0.562. The lowest BCUT2D eigenvalue weighted by atomic mass is 10.1. The zero-order chi connectivity index (χ0) is 18.3. The molecule has 0 spiro atoms. The molecule has 1 atom stereocenters. The van der Waals surface area contributed by atoms with Crippen LogP contribution in [0.15, 0.2) is 29.3 Å². The number of unbranched alkanes of at least 4 members (excludes halogenated alkanes) is 1. The minimum absolute atomic E-state index is 0.0729. The lowest BCUT2D eigenvalue weighted by molar-refractivity contribution is -0.384. The molecule has 2 rings (SSSR count). The van der Waals surface area contributed by atoms with Crippen molar-refractivity contribution in [1.82, 2.24) is 10.6 Å². The number of nitro groups is 1. The Hall–Kier alpha value is -2.16. The third kappa shape index (κ3) is 6.33. The molecule has 1 aliphatic rings. The average molecular weight is 368 g/mol. The van der Waals surface area contributed by atoms with E-state index in [9.17, 15) is 18.5 Å². The largest absolute Gasteiger partial charge is 0.356 e. The number of hydrogen-bond donors (Lipinski definition) is 2. The molecule has 1 aromatic carbocycles. The van der Waals surface area contributed by atoms with Crippen molar-refractivity contribution in [1.29, 1.82) is 0 Å². The van der Waals surface area contributed by atoms with Gasteiger partial charge in [0.1, 0.15) is 0 Å². The first-order valence-electron chi connectivity index (χ1n) is 8.30. The van der Waals surface area contributed by atoms with Crippen LogP contribution in [0.4, 0.5) is 5.69 Å². The molecule has 1 aliphatic heterocycles. The Kier molecular flexibility index (Phi) is 6.74. The Morgan fingerprint density at radius 1 is 1.32 bits per heavy atom. The first-order valence-corrected chi connectivity index (χ1v) is 10.1. The van der Waals surface area contributed by atoms with Gasteiger partial charge in [-0.15, -0.1) is 0 Å². The van der Waals surface area contributed by atoms with E-state index in [1.807, 2.05) is 0 Å². The summed E-state index contributed by atoms with van der Waals surface area (Å²) < 4.78 is 22.9. The highest BCUT2D eigenvalue weighted by Gasteiger charge is 2.28. The number of hydrogen-bond acceptors (Lipinski definition) is 5. The minimum atomic E-state index is -2.90. The summed E-state index contributed by atoms with van der Waals surface area (Å²) in [5, 5.41) is 16.9. The average Bonchev–Trinajstić information content (AvgIpc) is 2.92. The molecule has 8 nitrogen and oxygen atoms in total. The number of rotatable bonds is 7. The quantitative estimate of drug-likeness (QED) is 0.246. The van der Waals surface area contributed by atoms with Gasteiger partial charge in [0.15, 0.2) is 15.8 Å². The Labute approximate surface area is 147 Å². The summed E-state index contributed by atoms with van der Waals surface area (Å²) in [6.45, 7) is 0.728. The normalized spacial score (nSPS) is 19.6. The Bertz CT molecular complexity index is 716. The molecule has 0 bridgehead atoms. The lowest BCUT2D eigenvalue weighted by Crippen LogP contribution is -2.44. The van der Waals surface area contributed by atoms with Gasteiger partial charge in [-0.1, -0.05) is 12.1 Å². The van der Waals surface area contributed by atoms with E-state index in [-0.39, 0.29) is 23.2 Å². The molecule has 1 aromatic rings. The van der Waals surface area contributed by atoms with Crippen molar-refractivity contribution in [3.05, 3.63) is 39.9 Å². The predicted molar refractivity (Wildman–Crippen MR) is 97.6 cm³/mol. The topological polar surface area (TPSA) is 114 Å². The van der Waals surface area contributed by atoms with Crippen LogP contribution in [0.1, 0.15) is 24.8 Å². The molecule has 0 saturated carbocycles. The van der Waals surface area contributed by atoms with E-state index in [1.54, 1.807) is 19.2 Å². The third-order valence-electron chi connectivity index (χ3n) is 4.13. The maximum absolute atomic E-state index is 11.5. The maximum atomic E-state index is 11.5. The van der Waals surface area contributed by atoms with Gasteiger partial charge in [-0.3, -0.25) is 15.1 Å². The van der Waals surface area contributed by atoms with Gasteiger partial charge in [0.25, 0.3) is 5.69 Å². The number of guanidine groups is 1. The van der Waals surface area contributed by atoms with Crippen LogP contribution in [0, 0.1) is 10.1 Å². The van der Waals surface area contributed by atoms with Crippen molar-refractivity contribution < 1.29 is 13.3 Å². The summed E-state index contributed by atoms with van der Waals surface area (Å²) in [4.78, 5) is 14.3. The fourth-order valence-corrected chi connectivity index (χ4v) is 4.42. The second kappa shape index (κ2) is 8.80. The number of benzene rings is 1. The molecular formula is C16H24N4O4S. The smallest absolute Gasteiger partial charge is 0.269 e. The van der Waals surface area contributed by atoms with E-state index in [0.717, 1.165) is 31.4 Å². The Morgan fingerprint density at radius 2 is 2.04 bits per heavy atom. The lowest BCUT2D eigenvalue weighted by Gasteiger charge is -2.16. The monoisotopic (exact) mass is 368 g/mol. The summed E-state index contributed by atoms with van der Waals surface area (Å²) in [5.41, 5.74) is 1.18. The predicted octanol–water partition coefficient (Wildman–Crippen LogP) is 1.27. The van der Waals surface area contributed by atoms with Gasteiger partial charge in [0.05, 0.1) is 16.4 Å². The molecule has 2 N–H and O–H groups in total. The number of aryl methyl sites for hydroxylation is 1. The van der Waals surface area contributed by atoms with E-state index < -0.39 is 14.8 Å². The molecule has 0 amide bonds. The summed E-state index contributed by atoms with van der Waals surface area (Å²) in [6, 6.07) is 6.54. The number of aliphatic imine (C=N–C) groups is 1. The molecule has 1 unspecified atom stereocenters. The molecular weight excluding hydrogens is 344 g/mol. The highest BCUT2D eigenvalue weighted by atomic mass is 32.2. The van der Waals surface area contributed by atoms with Crippen molar-refractivity contribution in [2.45, 2.75) is 31.7 Å². The fourth-order valence-electron chi connectivity index (χ4n) is 2.74. The van der Waals surface area contributed by atoms with E-state index in [1.165, 1.54) is 12.1 Å². The first kappa shape index (κ1) is 19.2. The van der Waals surface area contributed by atoms with Crippen molar-refractivity contribution in [2.24, 2.45) is 4.99 Å². The second-order valence-electron chi connectivity index (χ2n) is 6.12. The van der Waals surface area contributed by atoms with E-state index in [2.05, 4.69) is 15.6 Å². The van der Waals surface area contributed by atoms with E-state index >= 15 is 0 Å². The summed E-state index contributed by atoms with van der Waals surface area (Å²) in [5.74, 6) is 1.02. The van der Waals surface area contributed by atoms with Gasteiger partial charge in [0, 0.05) is 31.8 Å². The second-order valence-corrected chi connectivity index (χ2v) is 8.35. The molecule has 9 heteroatoms. The van der Waals surface area contributed by atoms with Crippen molar-refractivity contribution in [3.8, 4) is 0 Å². The number of sulfone groups is 1. The summed E-state index contributed by atoms with van der Waals surface area (Å²) in [6.07, 6.45) is 3.33. The van der Waals surface area contributed by atoms with Gasteiger partial charge in [-0.25, -0.2) is 8.42 Å². The van der Waals surface area contributed by atoms with E-state index in [4.69, 9.17) is 0 Å².